The Bertz CT molecular complexity index is 1030. The van der Waals surface area contributed by atoms with E-state index in [0.29, 0.717) is 30.2 Å². The van der Waals surface area contributed by atoms with Crippen molar-refractivity contribution in [2.45, 2.75) is 26.1 Å². The van der Waals surface area contributed by atoms with Gasteiger partial charge in [-0.25, -0.2) is 4.79 Å². The van der Waals surface area contributed by atoms with Gasteiger partial charge < -0.3 is 14.2 Å². The van der Waals surface area contributed by atoms with Crippen molar-refractivity contribution in [3.63, 3.8) is 0 Å². The van der Waals surface area contributed by atoms with Crippen LogP contribution in [0.1, 0.15) is 28.4 Å². The van der Waals surface area contributed by atoms with E-state index in [0.717, 1.165) is 11.1 Å². The second-order valence-corrected chi connectivity index (χ2v) is 7.46. The minimum Gasteiger partial charge on any atom is -0.464 e. The molecule has 164 valence electrons. The summed E-state index contributed by atoms with van der Waals surface area (Å²) in [6, 6.07) is 23.4. The molecule has 1 aliphatic rings. The largest absolute Gasteiger partial charge is 0.464 e. The Hall–Kier alpha value is -3.64. The van der Waals surface area contributed by atoms with Crippen molar-refractivity contribution in [1.82, 2.24) is 4.90 Å². The molecule has 0 radical (unpaired) electrons. The van der Waals surface area contributed by atoms with Crippen LogP contribution in [0.25, 0.3) is 0 Å². The Morgan fingerprint density at radius 3 is 2.06 bits per heavy atom. The number of ether oxygens (including phenoxy) is 3. The fourth-order valence-electron chi connectivity index (χ4n) is 3.73. The van der Waals surface area contributed by atoms with Gasteiger partial charge in [0.05, 0.1) is 6.61 Å². The highest BCUT2D eigenvalue weighted by atomic mass is 16.7. The Kier molecular flexibility index (Phi) is 6.82. The monoisotopic (exact) mass is 431 g/mol. The zero-order valence-electron chi connectivity index (χ0n) is 17.9. The summed E-state index contributed by atoms with van der Waals surface area (Å²) in [5, 5.41) is 0. The van der Waals surface area contributed by atoms with Gasteiger partial charge in [-0.05, 0) is 36.2 Å². The van der Waals surface area contributed by atoms with Crippen LogP contribution in [0.2, 0.25) is 0 Å². The highest BCUT2D eigenvalue weighted by Gasteiger charge is 2.35. The first-order chi connectivity index (χ1) is 15.7. The molecule has 0 spiro atoms. The molecule has 1 unspecified atom stereocenters. The predicted octanol–water partition coefficient (Wildman–Crippen LogP) is 4.23. The lowest BCUT2D eigenvalue weighted by Crippen LogP contribution is -2.47. The molecule has 0 N–H and O–H groups in total. The van der Waals surface area contributed by atoms with Gasteiger partial charge in [-0.3, -0.25) is 9.69 Å². The highest BCUT2D eigenvalue weighted by Crippen LogP contribution is 2.33. The van der Waals surface area contributed by atoms with E-state index in [2.05, 4.69) is 0 Å². The average Bonchev–Trinajstić information content (AvgIpc) is 3.28. The molecule has 1 heterocycles. The van der Waals surface area contributed by atoms with Crippen molar-refractivity contribution in [3.8, 4) is 11.5 Å². The van der Waals surface area contributed by atoms with Crippen LogP contribution in [0.3, 0.4) is 0 Å². The van der Waals surface area contributed by atoms with Crippen molar-refractivity contribution in [2.75, 3.05) is 13.4 Å². The molecule has 6 heteroatoms. The van der Waals surface area contributed by atoms with Gasteiger partial charge in [0.25, 0.3) is 0 Å². The number of esters is 1. The number of fused-ring (bicyclic) bond motifs is 1. The van der Waals surface area contributed by atoms with Crippen LogP contribution in [0, 0.1) is 0 Å². The fraction of sp³-hybridized carbons (Fsp3) is 0.231. The van der Waals surface area contributed by atoms with E-state index < -0.39 is 12.0 Å². The molecule has 0 saturated heterocycles. The molecular weight excluding hydrogens is 406 g/mol. The lowest BCUT2D eigenvalue weighted by atomic mass is 10.0. The molecular formula is C26H25NO5. The van der Waals surface area contributed by atoms with Gasteiger partial charge in [-0.1, -0.05) is 60.7 Å². The quantitative estimate of drug-likeness (QED) is 0.287. The number of carbonyl (C=O) groups excluding carboxylic acids is 2. The molecule has 0 aliphatic carbocycles. The zero-order valence-corrected chi connectivity index (χ0v) is 17.9. The summed E-state index contributed by atoms with van der Waals surface area (Å²) >= 11 is 0. The third-order valence-corrected chi connectivity index (χ3v) is 5.24. The molecule has 0 amide bonds. The van der Waals surface area contributed by atoms with Crippen LogP contribution in [-0.2, 0) is 22.6 Å². The minimum atomic E-state index is -1.10. The molecule has 1 aliphatic heterocycles. The van der Waals surface area contributed by atoms with E-state index >= 15 is 0 Å². The van der Waals surface area contributed by atoms with Crippen molar-refractivity contribution in [1.29, 1.82) is 0 Å². The first-order valence-corrected chi connectivity index (χ1v) is 10.6. The normalized spacial score (nSPS) is 13.1. The van der Waals surface area contributed by atoms with E-state index in [-0.39, 0.29) is 19.2 Å². The first kappa shape index (κ1) is 21.6. The fourth-order valence-corrected chi connectivity index (χ4v) is 3.73. The standard InChI is InChI=1S/C26H25NO5/c1-2-30-26(29)24(25(28)21-13-14-22-23(15-21)32-18-31-22)27(16-19-9-5-3-6-10-19)17-20-11-7-4-8-12-20/h3-15,24H,2,16-18H2,1H3. The van der Waals surface area contributed by atoms with Crippen LogP contribution in [0.15, 0.2) is 78.9 Å². The molecule has 1 atom stereocenters. The average molecular weight is 431 g/mol. The Morgan fingerprint density at radius 2 is 1.47 bits per heavy atom. The van der Waals surface area contributed by atoms with Gasteiger partial charge in [0.1, 0.15) is 0 Å². The van der Waals surface area contributed by atoms with Gasteiger partial charge in [0, 0.05) is 18.7 Å². The smallest absolute Gasteiger partial charge is 0.331 e. The maximum Gasteiger partial charge on any atom is 0.331 e. The van der Waals surface area contributed by atoms with Gasteiger partial charge in [0.15, 0.2) is 23.3 Å². The number of rotatable bonds is 9. The summed E-state index contributed by atoms with van der Waals surface area (Å²) in [5.74, 6) is 0.173. The number of benzene rings is 3. The van der Waals surface area contributed by atoms with E-state index in [9.17, 15) is 9.59 Å². The SMILES string of the molecule is CCOC(=O)C(C(=O)c1ccc2c(c1)OCO2)N(Cc1ccccc1)Cc1ccccc1. The Labute approximate surface area is 187 Å². The molecule has 0 saturated carbocycles. The summed E-state index contributed by atoms with van der Waals surface area (Å²) in [4.78, 5) is 28.6. The van der Waals surface area contributed by atoms with E-state index in [1.165, 1.54) is 0 Å². The third kappa shape index (κ3) is 4.98. The van der Waals surface area contributed by atoms with Crippen molar-refractivity contribution >= 4 is 11.8 Å². The van der Waals surface area contributed by atoms with Crippen LogP contribution in [-0.4, -0.2) is 36.1 Å². The molecule has 3 aromatic carbocycles. The first-order valence-electron chi connectivity index (χ1n) is 10.6. The molecule has 32 heavy (non-hydrogen) atoms. The molecule has 0 aromatic heterocycles. The maximum atomic E-state index is 13.6. The van der Waals surface area contributed by atoms with Crippen LogP contribution in [0.4, 0.5) is 0 Å². The van der Waals surface area contributed by atoms with E-state index in [1.807, 2.05) is 65.6 Å². The zero-order chi connectivity index (χ0) is 22.3. The maximum absolute atomic E-state index is 13.6. The second-order valence-electron chi connectivity index (χ2n) is 7.46. The van der Waals surface area contributed by atoms with Crippen LogP contribution >= 0.6 is 0 Å². The summed E-state index contributed by atoms with van der Waals surface area (Å²) in [6.45, 7) is 2.86. The van der Waals surface area contributed by atoms with Gasteiger partial charge >= 0.3 is 5.97 Å². The van der Waals surface area contributed by atoms with Crippen molar-refractivity contribution in [3.05, 3.63) is 95.6 Å². The predicted molar refractivity (Wildman–Crippen MR) is 119 cm³/mol. The summed E-state index contributed by atoms with van der Waals surface area (Å²) in [5.41, 5.74) is 2.37. The second kappa shape index (κ2) is 10.1. The molecule has 4 rings (SSSR count). The van der Waals surface area contributed by atoms with Crippen LogP contribution < -0.4 is 9.47 Å². The Morgan fingerprint density at radius 1 is 0.875 bits per heavy atom. The topological polar surface area (TPSA) is 65.1 Å². The van der Waals surface area contributed by atoms with E-state index in [4.69, 9.17) is 14.2 Å². The summed E-state index contributed by atoms with van der Waals surface area (Å²) < 4.78 is 16.1. The van der Waals surface area contributed by atoms with Crippen molar-refractivity contribution in [2.24, 2.45) is 0 Å². The number of ketones is 1. The number of hydrogen-bond acceptors (Lipinski definition) is 6. The lowest BCUT2D eigenvalue weighted by molar-refractivity contribution is -0.148. The summed E-state index contributed by atoms with van der Waals surface area (Å²) in [7, 11) is 0. The van der Waals surface area contributed by atoms with E-state index in [1.54, 1.807) is 25.1 Å². The third-order valence-electron chi connectivity index (χ3n) is 5.24. The number of carbonyl (C=O) groups is 2. The molecule has 0 bridgehead atoms. The van der Waals surface area contributed by atoms with Gasteiger partial charge in [-0.2, -0.15) is 0 Å². The highest BCUT2D eigenvalue weighted by molar-refractivity contribution is 6.12. The molecule has 6 nitrogen and oxygen atoms in total. The number of Topliss-reactive ketones (excluding diaryl/α,β-unsaturated/α-hetero) is 1. The number of hydrogen-bond donors (Lipinski definition) is 0. The minimum absolute atomic E-state index is 0.114. The Balaban J connectivity index is 1.70. The summed E-state index contributed by atoms with van der Waals surface area (Å²) in [6.07, 6.45) is 0. The van der Waals surface area contributed by atoms with Crippen LogP contribution in [0.5, 0.6) is 11.5 Å². The molecule has 0 fully saturated rings. The van der Waals surface area contributed by atoms with Crippen molar-refractivity contribution < 1.29 is 23.8 Å². The lowest BCUT2D eigenvalue weighted by Gasteiger charge is -2.29. The van der Waals surface area contributed by atoms with Gasteiger partial charge in [-0.15, -0.1) is 0 Å². The van der Waals surface area contributed by atoms with Gasteiger partial charge in [0.2, 0.25) is 6.79 Å². The molecule has 3 aromatic rings. The number of nitrogens with zero attached hydrogens (tertiary/aromatic N) is 1.